The molecule has 1 N–H and O–H groups in total. The Hall–Kier alpha value is -1.11. The van der Waals surface area contributed by atoms with Gasteiger partial charge in [0.1, 0.15) is 6.61 Å². The van der Waals surface area contributed by atoms with Crippen molar-refractivity contribution in [3.05, 3.63) is 0 Å². The summed E-state index contributed by atoms with van der Waals surface area (Å²) in [4.78, 5) is 24.6. The summed E-state index contributed by atoms with van der Waals surface area (Å²) in [5, 5.41) is 3.11. The van der Waals surface area contributed by atoms with Crippen molar-refractivity contribution in [1.82, 2.24) is 10.2 Å². The van der Waals surface area contributed by atoms with Gasteiger partial charge >= 0.3 is 6.09 Å². The van der Waals surface area contributed by atoms with E-state index in [1.165, 1.54) is 0 Å². The highest BCUT2D eigenvalue weighted by molar-refractivity contribution is 7.80. The van der Waals surface area contributed by atoms with Gasteiger partial charge in [-0.05, 0) is 12.8 Å². The highest BCUT2D eigenvalue weighted by Crippen LogP contribution is 2.15. The van der Waals surface area contributed by atoms with Gasteiger partial charge < -0.3 is 38.6 Å². The molecule has 0 bridgehead atoms. The van der Waals surface area contributed by atoms with Gasteiger partial charge in [-0.15, -0.1) is 0 Å². The van der Waals surface area contributed by atoms with Crippen molar-refractivity contribution < 1.29 is 38.0 Å². The van der Waals surface area contributed by atoms with Crippen LogP contribution in [0.5, 0.6) is 0 Å². The molecule has 1 aliphatic heterocycles. The number of hydrogen-bond acceptors (Lipinski definition) is 9. The average Bonchev–Trinajstić information content (AvgIpc) is 2.80. The smallest absolute Gasteiger partial charge is 0.409 e. The molecule has 1 heterocycles. The van der Waals surface area contributed by atoms with Gasteiger partial charge in [0.2, 0.25) is 5.91 Å². The lowest BCUT2D eigenvalue weighted by molar-refractivity contribution is -0.121. The fourth-order valence-corrected chi connectivity index (χ4v) is 2.93. The number of rotatable bonds is 19. The van der Waals surface area contributed by atoms with Crippen molar-refractivity contribution in [2.75, 3.05) is 92.3 Å². The molecular formula is C21H40N2O8S. The largest absolute Gasteiger partial charge is 0.447 e. The standard InChI is InChI=1S/C21H40N2O8S/c1-2-20(24)22-5-8-26-9-10-27-11-12-28-13-14-29-15-16-30-17-18-31-21(25)23-6-3-19(32)4-7-23/h19,32H,2-18H2,1H3,(H,22,24). The number of thiol groups is 1. The maximum Gasteiger partial charge on any atom is 0.409 e. The van der Waals surface area contributed by atoms with Crippen LogP contribution in [0.3, 0.4) is 0 Å². The molecule has 1 rings (SSSR count). The molecule has 1 saturated heterocycles. The average molecular weight is 481 g/mol. The molecule has 11 heteroatoms. The number of piperidine rings is 1. The Balaban J connectivity index is 1.71. The number of nitrogens with zero attached hydrogens (tertiary/aromatic N) is 1. The SMILES string of the molecule is CCC(=O)NCCOCCOCCOCCOCCOCCOC(=O)N1CCC(S)CC1. The molecule has 0 radical (unpaired) electrons. The van der Waals surface area contributed by atoms with Crippen LogP contribution in [0.25, 0.3) is 0 Å². The van der Waals surface area contributed by atoms with Gasteiger partial charge in [-0.2, -0.15) is 12.6 Å². The predicted molar refractivity (Wildman–Crippen MR) is 122 cm³/mol. The molecule has 0 unspecified atom stereocenters. The summed E-state index contributed by atoms with van der Waals surface area (Å²) in [6.45, 7) is 8.61. The summed E-state index contributed by atoms with van der Waals surface area (Å²) in [6, 6.07) is 0. The van der Waals surface area contributed by atoms with E-state index >= 15 is 0 Å². The molecule has 0 aliphatic carbocycles. The molecular weight excluding hydrogens is 440 g/mol. The maximum absolute atomic E-state index is 11.9. The second-order valence-electron chi connectivity index (χ2n) is 7.10. The maximum atomic E-state index is 11.9. The monoisotopic (exact) mass is 480 g/mol. The van der Waals surface area contributed by atoms with E-state index < -0.39 is 0 Å². The van der Waals surface area contributed by atoms with E-state index in [0.29, 0.717) is 97.4 Å². The molecule has 0 aromatic carbocycles. The van der Waals surface area contributed by atoms with Crippen molar-refractivity contribution in [3.8, 4) is 0 Å². The predicted octanol–water partition coefficient (Wildman–Crippen LogP) is 1.13. The Morgan fingerprint density at radius 2 is 1.22 bits per heavy atom. The molecule has 10 nitrogen and oxygen atoms in total. The van der Waals surface area contributed by atoms with Crippen LogP contribution in [0, 0.1) is 0 Å². The first-order valence-electron chi connectivity index (χ1n) is 11.4. The van der Waals surface area contributed by atoms with Gasteiger partial charge in [-0.25, -0.2) is 4.79 Å². The molecule has 0 aromatic heterocycles. The van der Waals surface area contributed by atoms with Crippen LogP contribution in [-0.4, -0.2) is 114 Å². The quantitative estimate of drug-likeness (QED) is 0.209. The second-order valence-corrected chi connectivity index (χ2v) is 7.83. The molecule has 0 atom stereocenters. The van der Waals surface area contributed by atoms with Crippen LogP contribution < -0.4 is 5.32 Å². The minimum absolute atomic E-state index is 0.0252. The van der Waals surface area contributed by atoms with Gasteiger partial charge in [0.05, 0.1) is 66.1 Å². The van der Waals surface area contributed by atoms with Gasteiger partial charge in [0.15, 0.2) is 0 Å². The second kappa shape index (κ2) is 20.5. The summed E-state index contributed by atoms with van der Waals surface area (Å²) in [5.41, 5.74) is 0. The number of ether oxygens (including phenoxy) is 6. The van der Waals surface area contributed by atoms with Crippen LogP contribution in [0.15, 0.2) is 0 Å². The first-order valence-corrected chi connectivity index (χ1v) is 11.9. The van der Waals surface area contributed by atoms with Crippen molar-refractivity contribution in [3.63, 3.8) is 0 Å². The van der Waals surface area contributed by atoms with Gasteiger partial charge in [-0.3, -0.25) is 4.79 Å². The van der Waals surface area contributed by atoms with E-state index in [1.54, 1.807) is 4.90 Å². The van der Waals surface area contributed by atoms with Crippen molar-refractivity contribution in [2.45, 2.75) is 31.4 Å². The fourth-order valence-electron chi connectivity index (χ4n) is 2.70. The molecule has 0 aromatic rings. The zero-order valence-electron chi connectivity index (χ0n) is 19.3. The zero-order valence-corrected chi connectivity index (χ0v) is 20.2. The lowest BCUT2D eigenvalue weighted by Crippen LogP contribution is -2.39. The number of likely N-dealkylation sites (tertiary alicyclic amines) is 1. The first-order chi connectivity index (χ1) is 15.6. The summed E-state index contributed by atoms with van der Waals surface area (Å²) >= 11 is 4.41. The molecule has 32 heavy (non-hydrogen) atoms. The Morgan fingerprint density at radius 3 is 1.69 bits per heavy atom. The molecule has 1 fully saturated rings. The fraction of sp³-hybridized carbons (Fsp3) is 0.905. The minimum Gasteiger partial charge on any atom is -0.447 e. The summed E-state index contributed by atoms with van der Waals surface area (Å²) in [5.74, 6) is 0.0252. The molecule has 2 amide bonds. The highest BCUT2D eigenvalue weighted by atomic mass is 32.1. The van der Waals surface area contributed by atoms with Crippen LogP contribution in [0.1, 0.15) is 26.2 Å². The van der Waals surface area contributed by atoms with Crippen LogP contribution in [-0.2, 0) is 33.2 Å². The number of carbonyl (C=O) groups is 2. The Labute approximate surface area is 197 Å². The van der Waals surface area contributed by atoms with Crippen molar-refractivity contribution >= 4 is 24.6 Å². The summed E-state index contributed by atoms with van der Waals surface area (Å²) in [7, 11) is 0. The zero-order chi connectivity index (χ0) is 23.3. The minimum atomic E-state index is -0.281. The van der Waals surface area contributed by atoms with Gasteiger partial charge in [0.25, 0.3) is 0 Å². The first kappa shape index (κ1) is 28.9. The van der Waals surface area contributed by atoms with E-state index in [2.05, 4.69) is 17.9 Å². The molecule has 188 valence electrons. The molecule has 1 aliphatic rings. The van der Waals surface area contributed by atoms with E-state index in [1.807, 2.05) is 6.92 Å². The van der Waals surface area contributed by atoms with Crippen molar-refractivity contribution in [1.29, 1.82) is 0 Å². The highest BCUT2D eigenvalue weighted by Gasteiger charge is 2.21. The third kappa shape index (κ3) is 16.5. The Morgan fingerprint density at radius 1 is 0.781 bits per heavy atom. The number of carbonyl (C=O) groups excluding carboxylic acids is 2. The lowest BCUT2D eigenvalue weighted by Gasteiger charge is -2.28. The Kier molecular flexibility index (Phi) is 18.5. The van der Waals surface area contributed by atoms with E-state index in [-0.39, 0.29) is 18.6 Å². The van der Waals surface area contributed by atoms with E-state index in [4.69, 9.17) is 28.4 Å². The molecule has 0 saturated carbocycles. The topological polar surface area (TPSA) is 105 Å². The van der Waals surface area contributed by atoms with Crippen LogP contribution >= 0.6 is 12.6 Å². The van der Waals surface area contributed by atoms with Gasteiger partial charge in [-0.1, -0.05) is 6.92 Å². The normalized spacial score (nSPS) is 14.5. The van der Waals surface area contributed by atoms with Gasteiger partial charge in [0, 0.05) is 31.3 Å². The summed E-state index contributed by atoms with van der Waals surface area (Å²) in [6.07, 6.45) is 2.01. The molecule has 0 spiro atoms. The van der Waals surface area contributed by atoms with Crippen LogP contribution in [0.2, 0.25) is 0 Å². The number of amides is 2. The number of nitrogens with one attached hydrogen (secondary N) is 1. The third-order valence-electron chi connectivity index (χ3n) is 4.55. The lowest BCUT2D eigenvalue weighted by atomic mass is 10.1. The Bertz CT molecular complexity index is 479. The van der Waals surface area contributed by atoms with E-state index in [0.717, 1.165) is 12.8 Å². The summed E-state index contributed by atoms with van der Waals surface area (Å²) < 4.78 is 32.1. The third-order valence-corrected chi connectivity index (χ3v) is 5.07. The van der Waals surface area contributed by atoms with E-state index in [9.17, 15) is 9.59 Å². The number of hydrogen-bond donors (Lipinski definition) is 2. The van der Waals surface area contributed by atoms with Crippen molar-refractivity contribution in [2.24, 2.45) is 0 Å². The van der Waals surface area contributed by atoms with Crippen LogP contribution in [0.4, 0.5) is 4.79 Å².